The van der Waals surface area contributed by atoms with Gasteiger partial charge in [0.25, 0.3) is 0 Å². The fraction of sp³-hybridized carbons (Fsp3) is 0.0612. The largest absolute Gasteiger partial charge is 0.0619 e. The molecular weight excluding hydrogens is 589 g/mol. The van der Waals surface area contributed by atoms with E-state index in [0.717, 1.165) is 0 Å². The van der Waals surface area contributed by atoms with Crippen LogP contribution in [0.5, 0.6) is 0 Å². The highest BCUT2D eigenvalue weighted by Crippen LogP contribution is 2.50. The monoisotopic (exact) mass is 622 g/mol. The Morgan fingerprint density at radius 1 is 0.306 bits per heavy atom. The van der Waals surface area contributed by atoms with Crippen molar-refractivity contribution >= 4 is 43.1 Å². The second-order valence-electron chi connectivity index (χ2n) is 14.1. The SMILES string of the molecule is CC1(C)c2ccccc2-c2ccc(-c3ccc4cc(-c5c6ccccc6c(-c6ccc7ccccc7c6)c6ccccc56)ccc4c3)cc21. The van der Waals surface area contributed by atoms with Gasteiger partial charge in [-0.05, 0) is 123 Å². The van der Waals surface area contributed by atoms with Crippen molar-refractivity contribution in [2.45, 2.75) is 19.3 Å². The smallest absolute Gasteiger partial charge is 0.0159 e. The molecule has 0 heteroatoms. The second kappa shape index (κ2) is 10.5. The lowest BCUT2D eigenvalue weighted by Crippen LogP contribution is -2.14. The quantitative estimate of drug-likeness (QED) is 0.172. The molecule has 1 aliphatic rings. The standard InChI is InChI=1S/C49H34/c1-49(2)45-18-10-9-13-39(45)40-26-25-36(30-46(40)49)34-20-21-35-29-38(24-22-33(35)27-34)48-43-16-7-5-14-41(43)47(42-15-6-8-17-44(42)48)37-23-19-31-11-3-4-12-32(31)28-37/h3-30H,1-2H3. The molecule has 230 valence electrons. The summed E-state index contributed by atoms with van der Waals surface area (Å²) in [6.07, 6.45) is 0. The Hall–Kier alpha value is -5.98. The van der Waals surface area contributed by atoms with Gasteiger partial charge in [0.2, 0.25) is 0 Å². The predicted molar refractivity (Wildman–Crippen MR) is 210 cm³/mol. The van der Waals surface area contributed by atoms with Gasteiger partial charge >= 0.3 is 0 Å². The Kier molecular flexibility index (Phi) is 6.02. The highest BCUT2D eigenvalue weighted by Gasteiger charge is 2.35. The number of fused-ring (bicyclic) bond motifs is 7. The lowest BCUT2D eigenvalue weighted by Gasteiger charge is -2.22. The van der Waals surface area contributed by atoms with Crippen LogP contribution in [0.4, 0.5) is 0 Å². The van der Waals surface area contributed by atoms with E-state index in [2.05, 4.69) is 184 Å². The number of benzene rings is 9. The van der Waals surface area contributed by atoms with E-state index >= 15 is 0 Å². The Labute approximate surface area is 286 Å². The molecule has 0 bridgehead atoms. The summed E-state index contributed by atoms with van der Waals surface area (Å²) in [6.45, 7) is 4.70. The van der Waals surface area contributed by atoms with E-state index in [1.807, 2.05) is 0 Å². The Balaban J connectivity index is 1.11. The molecule has 0 spiro atoms. The van der Waals surface area contributed by atoms with Gasteiger partial charge in [-0.1, -0.05) is 159 Å². The molecular formula is C49H34. The van der Waals surface area contributed by atoms with E-state index in [1.165, 1.54) is 98.7 Å². The van der Waals surface area contributed by atoms with Crippen molar-refractivity contribution in [2.75, 3.05) is 0 Å². The summed E-state index contributed by atoms with van der Waals surface area (Å²) in [4.78, 5) is 0. The molecule has 0 radical (unpaired) electrons. The van der Waals surface area contributed by atoms with E-state index < -0.39 is 0 Å². The predicted octanol–water partition coefficient (Wildman–Crippen LogP) is 13.6. The third kappa shape index (κ3) is 4.24. The molecule has 0 N–H and O–H groups in total. The molecule has 0 unspecified atom stereocenters. The highest BCUT2D eigenvalue weighted by atomic mass is 14.4. The molecule has 0 aliphatic heterocycles. The first-order chi connectivity index (χ1) is 24.0. The zero-order valence-electron chi connectivity index (χ0n) is 27.7. The fourth-order valence-electron chi connectivity index (χ4n) is 8.56. The van der Waals surface area contributed by atoms with Gasteiger partial charge in [0.15, 0.2) is 0 Å². The van der Waals surface area contributed by atoms with Gasteiger partial charge in [0.1, 0.15) is 0 Å². The van der Waals surface area contributed by atoms with E-state index in [1.54, 1.807) is 0 Å². The van der Waals surface area contributed by atoms with Gasteiger partial charge in [-0.3, -0.25) is 0 Å². The van der Waals surface area contributed by atoms with E-state index in [4.69, 9.17) is 0 Å². The van der Waals surface area contributed by atoms with Crippen molar-refractivity contribution in [3.63, 3.8) is 0 Å². The second-order valence-corrected chi connectivity index (χ2v) is 14.1. The van der Waals surface area contributed by atoms with Gasteiger partial charge in [0, 0.05) is 5.41 Å². The highest BCUT2D eigenvalue weighted by molar-refractivity contribution is 6.22. The summed E-state index contributed by atoms with van der Waals surface area (Å²) < 4.78 is 0. The Morgan fingerprint density at radius 3 is 1.35 bits per heavy atom. The normalized spacial score (nSPS) is 13.3. The molecule has 0 saturated carbocycles. The van der Waals surface area contributed by atoms with Crippen molar-refractivity contribution in [1.82, 2.24) is 0 Å². The van der Waals surface area contributed by atoms with Crippen LogP contribution in [0.25, 0.3) is 87.6 Å². The summed E-state index contributed by atoms with van der Waals surface area (Å²) in [6, 6.07) is 63.2. The van der Waals surface area contributed by atoms with E-state index in [9.17, 15) is 0 Å². The fourth-order valence-corrected chi connectivity index (χ4v) is 8.56. The van der Waals surface area contributed by atoms with Crippen molar-refractivity contribution in [3.05, 3.63) is 181 Å². The molecule has 0 atom stereocenters. The number of rotatable bonds is 3. The third-order valence-corrected chi connectivity index (χ3v) is 11.0. The molecule has 0 heterocycles. The topological polar surface area (TPSA) is 0 Å². The summed E-state index contributed by atoms with van der Waals surface area (Å²) in [7, 11) is 0. The van der Waals surface area contributed by atoms with Crippen LogP contribution in [-0.2, 0) is 5.41 Å². The molecule has 0 saturated heterocycles. The number of hydrogen-bond donors (Lipinski definition) is 0. The minimum Gasteiger partial charge on any atom is -0.0619 e. The van der Waals surface area contributed by atoms with Crippen LogP contribution in [0.15, 0.2) is 170 Å². The number of hydrogen-bond acceptors (Lipinski definition) is 0. The maximum Gasteiger partial charge on any atom is 0.0159 e. The zero-order chi connectivity index (χ0) is 32.7. The summed E-state index contributed by atoms with van der Waals surface area (Å²) in [5.74, 6) is 0. The van der Waals surface area contributed by atoms with Crippen LogP contribution in [-0.4, -0.2) is 0 Å². The van der Waals surface area contributed by atoms with Crippen LogP contribution in [0.1, 0.15) is 25.0 Å². The van der Waals surface area contributed by atoms with Crippen molar-refractivity contribution in [1.29, 1.82) is 0 Å². The molecule has 9 aromatic carbocycles. The zero-order valence-corrected chi connectivity index (χ0v) is 27.7. The van der Waals surface area contributed by atoms with Crippen molar-refractivity contribution in [3.8, 4) is 44.5 Å². The average molecular weight is 623 g/mol. The minimum atomic E-state index is -0.0108. The van der Waals surface area contributed by atoms with Gasteiger partial charge in [0.05, 0.1) is 0 Å². The molecule has 9 aromatic rings. The maximum absolute atomic E-state index is 2.42. The molecule has 10 rings (SSSR count). The van der Waals surface area contributed by atoms with Gasteiger partial charge in [-0.2, -0.15) is 0 Å². The molecule has 0 aromatic heterocycles. The van der Waals surface area contributed by atoms with Crippen LogP contribution < -0.4 is 0 Å². The lowest BCUT2D eigenvalue weighted by molar-refractivity contribution is 0.660. The van der Waals surface area contributed by atoms with Gasteiger partial charge in [-0.25, -0.2) is 0 Å². The van der Waals surface area contributed by atoms with Crippen LogP contribution in [0, 0.1) is 0 Å². The van der Waals surface area contributed by atoms with E-state index in [0.29, 0.717) is 0 Å². The van der Waals surface area contributed by atoms with Crippen LogP contribution in [0.3, 0.4) is 0 Å². The van der Waals surface area contributed by atoms with E-state index in [-0.39, 0.29) is 5.41 Å². The van der Waals surface area contributed by atoms with Crippen molar-refractivity contribution < 1.29 is 0 Å². The first-order valence-electron chi connectivity index (χ1n) is 17.3. The molecule has 49 heavy (non-hydrogen) atoms. The summed E-state index contributed by atoms with van der Waals surface area (Å²) in [5, 5.41) is 10.2. The summed E-state index contributed by atoms with van der Waals surface area (Å²) in [5.41, 5.74) is 13.2. The van der Waals surface area contributed by atoms with Crippen LogP contribution in [0.2, 0.25) is 0 Å². The average Bonchev–Trinajstić information content (AvgIpc) is 3.38. The lowest BCUT2D eigenvalue weighted by atomic mass is 9.81. The van der Waals surface area contributed by atoms with Gasteiger partial charge < -0.3 is 0 Å². The third-order valence-electron chi connectivity index (χ3n) is 11.0. The maximum atomic E-state index is 2.42. The van der Waals surface area contributed by atoms with Crippen molar-refractivity contribution in [2.24, 2.45) is 0 Å². The van der Waals surface area contributed by atoms with Gasteiger partial charge in [-0.15, -0.1) is 0 Å². The molecule has 1 aliphatic carbocycles. The summed E-state index contributed by atoms with van der Waals surface area (Å²) >= 11 is 0. The molecule has 0 nitrogen and oxygen atoms in total. The Bertz CT molecular complexity index is 2740. The Morgan fingerprint density at radius 2 is 0.714 bits per heavy atom. The first-order valence-corrected chi connectivity index (χ1v) is 17.3. The van der Waals surface area contributed by atoms with Crippen LogP contribution >= 0.6 is 0 Å². The molecule has 0 fully saturated rings. The molecule has 0 amide bonds. The first kappa shape index (κ1) is 28.1. The minimum absolute atomic E-state index is 0.0108.